The van der Waals surface area contributed by atoms with Gasteiger partial charge in [-0.2, -0.15) is 0 Å². The third-order valence-corrected chi connectivity index (χ3v) is 3.58. The van der Waals surface area contributed by atoms with Gasteiger partial charge in [-0.15, -0.1) is 0 Å². The molecule has 0 saturated carbocycles. The van der Waals surface area contributed by atoms with E-state index in [9.17, 15) is 4.79 Å². The number of benzene rings is 2. The van der Waals surface area contributed by atoms with Crippen LogP contribution in [0.1, 0.15) is 22.8 Å². The lowest BCUT2D eigenvalue weighted by molar-refractivity contribution is 0.104. The SMILES string of the molecule is CCOc1cc(C=CC(=O)c2ccc(N(C)C)cc2)ccc1OC. The average molecular weight is 325 g/mol. The first kappa shape index (κ1) is 17.6. The van der Waals surface area contributed by atoms with Crippen molar-refractivity contribution in [3.05, 3.63) is 59.7 Å². The first-order valence-corrected chi connectivity index (χ1v) is 7.85. The zero-order valence-corrected chi connectivity index (χ0v) is 14.6. The average Bonchev–Trinajstić information content (AvgIpc) is 2.60. The van der Waals surface area contributed by atoms with Crippen molar-refractivity contribution in [3.8, 4) is 11.5 Å². The number of methoxy groups -OCH3 is 1. The molecule has 2 aromatic carbocycles. The largest absolute Gasteiger partial charge is 0.493 e. The van der Waals surface area contributed by atoms with E-state index in [4.69, 9.17) is 9.47 Å². The molecule has 0 atom stereocenters. The van der Waals surface area contributed by atoms with Crippen molar-refractivity contribution in [1.82, 2.24) is 0 Å². The van der Waals surface area contributed by atoms with Gasteiger partial charge in [0.1, 0.15) is 0 Å². The molecule has 24 heavy (non-hydrogen) atoms. The van der Waals surface area contributed by atoms with Crippen molar-refractivity contribution in [2.24, 2.45) is 0 Å². The van der Waals surface area contributed by atoms with E-state index in [1.807, 2.05) is 68.4 Å². The molecule has 4 nitrogen and oxygen atoms in total. The van der Waals surface area contributed by atoms with Gasteiger partial charge >= 0.3 is 0 Å². The van der Waals surface area contributed by atoms with Crippen LogP contribution in [-0.2, 0) is 0 Å². The second kappa shape index (κ2) is 8.20. The second-order valence-electron chi connectivity index (χ2n) is 5.48. The lowest BCUT2D eigenvalue weighted by Crippen LogP contribution is -2.08. The van der Waals surface area contributed by atoms with Gasteiger partial charge in [-0.05, 0) is 55.0 Å². The van der Waals surface area contributed by atoms with Gasteiger partial charge in [0.15, 0.2) is 17.3 Å². The maximum atomic E-state index is 12.3. The molecule has 0 aliphatic rings. The Hall–Kier alpha value is -2.75. The summed E-state index contributed by atoms with van der Waals surface area (Å²) in [6.45, 7) is 2.48. The van der Waals surface area contributed by atoms with Crippen molar-refractivity contribution in [2.75, 3.05) is 32.7 Å². The molecule has 126 valence electrons. The highest BCUT2D eigenvalue weighted by atomic mass is 16.5. The van der Waals surface area contributed by atoms with Crippen LogP contribution in [0.2, 0.25) is 0 Å². The van der Waals surface area contributed by atoms with E-state index < -0.39 is 0 Å². The fraction of sp³-hybridized carbons (Fsp3) is 0.250. The van der Waals surface area contributed by atoms with Crippen LogP contribution in [0.3, 0.4) is 0 Å². The number of ether oxygens (including phenoxy) is 2. The molecule has 0 radical (unpaired) electrons. The van der Waals surface area contributed by atoms with E-state index in [2.05, 4.69) is 0 Å². The summed E-state index contributed by atoms with van der Waals surface area (Å²) in [6, 6.07) is 13.1. The normalized spacial score (nSPS) is 10.7. The van der Waals surface area contributed by atoms with Crippen LogP contribution in [0.15, 0.2) is 48.5 Å². The monoisotopic (exact) mass is 325 g/mol. The van der Waals surface area contributed by atoms with Crippen LogP contribution < -0.4 is 14.4 Å². The van der Waals surface area contributed by atoms with Gasteiger partial charge in [0.05, 0.1) is 13.7 Å². The molecular formula is C20H23NO3. The Bertz CT molecular complexity index is 718. The van der Waals surface area contributed by atoms with E-state index in [1.54, 1.807) is 19.3 Å². The lowest BCUT2D eigenvalue weighted by Gasteiger charge is -2.12. The third kappa shape index (κ3) is 4.38. The summed E-state index contributed by atoms with van der Waals surface area (Å²) in [5.74, 6) is 1.32. The highest BCUT2D eigenvalue weighted by molar-refractivity contribution is 6.07. The number of carbonyl (C=O) groups excluding carboxylic acids is 1. The summed E-state index contributed by atoms with van der Waals surface area (Å²) in [5, 5.41) is 0. The lowest BCUT2D eigenvalue weighted by atomic mass is 10.1. The first-order chi connectivity index (χ1) is 11.5. The van der Waals surface area contributed by atoms with Crippen LogP contribution in [0.4, 0.5) is 5.69 Å². The van der Waals surface area contributed by atoms with Gasteiger partial charge in [0.25, 0.3) is 0 Å². The zero-order chi connectivity index (χ0) is 17.5. The molecule has 2 aromatic rings. The minimum atomic E-state index is -0.0333. The van der Waals surface area contributed by atoms with Crippen LogP contribution in [-0.4, -0.2) is 33.6 Å². The van der Waals surface area contributed by atoms with Crippen molar-refractivity contribution in [2.45, 2.75) is 6.92 Å². The van der Waals surface area contributed by atoms with Crippen molar-refractivity contribution in [3.63, 3.8) is 0 Å². The van der Waals surface area contributed by atoms with Gasteiger partial charge in [-0.25, -0.2) is 0 Å². The molecule has 0 spiro atoms. The number of hydrogen-bond acceptors (Lipinski definition) is 4. The van der Waals surface area contributed by atoms with Crippen molar-refractivity contribution < 1.29 is 14.3 Å². The third-order valence-electron chi connectivity index (χ3n) is 3.58. The first-order valence-electron chi connectivity index (χ1n) is 7.85. The molecule has 2 rings (SSSR count). The van der Waals surface area contributed by atoms with Crippen LogP contribution in [0.25, 0.3) is 6.08 Å². The van der Waals surface area contributed by atoms with Gasteiger partial charge in [-0.1, -0.05) is 12.1 Å². The standard InChI is InChI=1S/C20H23NO3/c1-5-24-20-14-15(7-13-19(20)23-4)6-12-18(22)16-8-10-17(11-9-16)21(2)3/h6-14H,5H2,1-4H3. The molecule has 0 N–H and O–H groups in total. The van der Waals surface area contributed by atoms with E-state index in [0.29, 0.717) is 23.7 Å². The summed E-state index contributed by atoms with van der Waals surface area (Å²) in [4.78, 5) is 14.3. The molecule has 0 amide bonds. The Morgan fingerprint density at radius 3 is 2.38 bits per heavy atom. The summed E-state index contributed by atoms with van der Waals surface area (Å²) in [5.41, 5.74) is 2.61. The zero-order valence-electron chi connectivity index (χ0n) is 14.6. The predicted molar refractivity (Wildman–Crippen MR) is 98.3 cm³/mol. The van der Waals surface area contributed by atoms with Crippen molar-refractivity contribution in [1.29, 1.82) is 0 Å². The Balaban J connectivity index is 2.14. The number of rotatable bonds is 7. The van der Waals surface area contributed by atoms with E-state index in [1.165, 1.54) is 0 Å². The van der Waals surface area contributed by atoms with Gasteiger partial charge < -0.3 is 14.4 Å². The second-order valence-corrected chi connectivity index (χ2v) is 5.48. The molecule has 0 unspecified atom stereocenters. The minimum Gasteiger partial charge on any atom is -0.493 e. The van der Waals surface area contributed by atoms with Gasteiger partial charge in [0, 0.05) is 25.3 Å². The van der Waals surface area contributed by atoms with E-state index in [0.717, 1.165) is 11.3 Å². The molecule has 0 fully saturated rings. The van der Waals surface area contributed by atoms with Crippen LogP contribution >= 0.6 is 0 Å². The molecule has 0 aliphatic carbocycles. The molecule has 4 heteroatoms. The minimum absolute atomic E-state index is 0.0333. The van der Waals surface area contributed by atoms with Gasteiger partial charge in [0.2, 0.25) is 0 Å². The fourth-order valence-electron chi connectivity index (χ4n) is 2.26. The fourth-order valence-corrected chi connectivity index (χ4v) is 2.26. The highest BCUT2D eigenvalue weighted by Crippen LogP contribution is 2.28. The number of ketones is 1. The number of nitrogens with zero attached hydrogens (tertiary/aromatic N) is 1. The summed E-state index contributed by atoms with van der Waals surface area (Å²) in [6.07, 6.45) is 3.35. The predicted octanol–water partition coefficient (Wildman–Crippen LogP) is 4.06. The molecule has 0 aromatic heterocycles. The molecule has 0 saturated heterocycles. The van der Waals surface area contributed by atoms with Gasteiger partial charge in [-0.3, -0.25) is 4.79 Å². The number of anilines is 1. The Morgan fingerprint density at radius 2 is 1.79 bits per heavy atom. The Kier molecular flexibility index (Phi) is 6.01. The summed E-state index contributed by atoms with van der Waals surface area (Å²) >= 11 is 0. The van der Waals surface area contributed by atoms with E-state index >= 15 is 0 Å². The molecule has 0 aliphatic heterocycles. The maximum Gasteiger partial charge on any atom is 0.185 e. The highest BCUT2D eigenvalue weighted by Gasteiger charge is 2.05. The molecule has 0 heterocycles. The van der Waals surface area contributed by atoms with E-state index in [-0.39, 0.29) is 5.78 Å². The van der Waals surface area contributed by atoms with Crippen LogP contribution in [0.5, 0.6) is 11.5 Å². The smallest absolute Gasteiger partial charge is 0.185 e. The van der Waals surface area contributed by atoms with Crippen molar-refractivity contribution >= 4 is 17.5 Å². The summed E-state index contributed by atoms with van der Waals surface area (Å²) in [7, 11) is 5.54. The topological polar surface area (TPSA) is 38.8 Å². The summed E-state index contributed by atoms with van der Waals surface area (Å²) < 4.78 is 10.8. The van der Waals surface area contributed by atoms with Crippen LogP contribution in [0, 0.1) is 0 Å². The Morgan fingerprint density at radius 1 is 1.08 bits per heavy atom. The number of carbonyl (C=O) groups is 1. The maximum absolute atomic E-state index is 12.3. The molecule has 0 bridgehead atoms. The molecular weight excluding hydrogens is 302 g/mol. The number of allylic oxidation sites excluding steroid dienone is 1. The quantitative estimate of drug-likeness (QED) is 0.568. The Labute approximate surface area is 143 Å². The number of hydrogen-bond donors (Lipinski definition) is 0.